The van der Waals surface area contributed by atoms with Gasteiger partial charge < -0.3 is 10.1 Å². The maximum absolute atomic E-state index is 13.3. The van der Waals surface area contributed by atoms with Crippen molar-refractivity contribution in [3.05, 3.63) is 65.7 Å². The number of rotatable bonds is 8. The van der Waals surface area contributed by atoms with E-state index in [4.69, 9.17) is 4.74 Å². The van der Waals surface area contributed by atoms with Gasteiger partial charge in [0.15, 0.2) is 0 Å². The molecule has 0 unspecified atom stereocenters. The second-order valence-corrected chi connectivity index (χ2v) is 9.88. The molecule has 1 N–H and O–H groups in total. The van der Waals surface area contributed by atoms with E-state index in [1.54, 1.807) is 12.1 Å². The lowest BCUT2D eigenvalue weighted by atomic mass is 9.76. The summed E-state index contributed by atoms with van der Waals surface area (Å²) in [4.78, 5) is 25.8. The summed E-state index contributed by atoms with van der Waals surface area (Å²) in [6.07, 6.45) is 1.76. The Labute approximate surface area is 183 Å². The zero-order valence-corrected chi connectivity index (χ0v) is 18.8. The number of hydrogen-bond donors (Lipinski definition) is 1. The van der Waals surface area contributed by atoms with Crippen LogP contribution in [0.5, 0.6) is 0 Å². The van der Waals surface area contributed by atoms with Crippen molar-refractivity contribution in [2.45, 2.75) is 49.1 Å². The van der Waals surface area contributed by atoms with Crippen molar-refractivity contribution in [2.75, 3.05) is 14.2 Å². The molecular weight excluding hydrogens is 416 g/mol. The van der Waals surface area contributed by atoms with Crippen molar-refractivity contribution < 1.29 is 22.7 Å². The van der Waals surface area contributed by atoms with Crippen LogP contribution < -0.4 is 5.32 Å². The molecule has 1 saturated carbocycles. The van der Waals surface area contributed by atoms with Crippen molar-refractivity contribution in [3.63, 3.8) is 0 Å². The molecule has 0 spiro atoms. The second-order valence-electron chi connectivity index (χ2n) is 7.91. The first-order chi connectivity index (χ1) is 14.7. The summed E-state index contributed by atoms with van der Waals surface area (Å²) < 4.78 is 32.4. The highest BCUT2D eigenvalue weighted by Gasteiger charge is 2.52. The SMILES string of the molecule is COC(=O)[C@H](Cc1ccccc1)NC(=O)C1(N(C)S(=O)(=O)c2ccc(C)cc2)CCC1. The van der Waals surface area contributed by atoms with E-state index in [2.05, 4.69) is 5.32 Å². The van der Waals surface area contributed by atoms with Crippen LogP contribution in [-0.4, -0.2) is 50.3 Å². The van der Waals surface area contributed by atoms with Crippen LogP contribution in [0.25, 0.3) is 0 Å². The van der Waals surface area contributed by atoms with Gasteiger partial charge in [0.2, 0.25) is 15.9 Å². The quantitative estimate of drug-likeness (QED) is 0.632. The zero-order chi connectivity index (χ0) is 22.6. The first-order valence-corrected chi connectivity index (χ1v) is 11.6. The van der Waals surface area contributed by atoms with Gasteiger partial charge in [-0.1, -0.05) is 48.0 Å². The fraction of sp³-hybridized carbons (Fsp3) is 0.391. The average molecular weight is 445 g/mol. The molecule has 31 heavy (non-hydrogen) atoms. The highest BCUT2D eigenvalue weighted by atomic mass is 32.2. The van der Waals surface area contributed by atoms with Crippen LogP contribution in [0.2, 0.25) is 0 Å². The predicted molar refractivity (Wildman–Crippen MR) is 117 cm³/mol. The van der Waals surface area contributed by atoms with Gasteiger partial charge in [0.25, 0.3) is 0 Å². The van der Waals surface area contributed by atoms with Gasteiger partial charge in [-0.25, -0.2) is 13.2 Å². The Balaban J connectivity index is 1.84. The molecular formula is C23H28N2O5S. The molecule has 2 aromatic carbocycles. The number of esters is 1. The van der Waals surface area contributed by atoms with E-state index in [-0.39, 0.29) is 11.3 Å². The lowest BCUT2D eigenvalue weighted by Crippen LogP contribution is -2.65. The van der Waals surface area contributed by atoms with Gasteiger partial charge in [0, 0.05) is 13.5 Å². The molecule has 1 fully saturated rings. The Morgan fingerprint density at radius 3 is 2.23 bits per heavy atom. The number of carbonyl (C=O) groups excluding carboxylic acids is 2. The molecule has 7 nitrogen and oxygen atoms in total. The molecule has 0 heterocycles. The molecule has 1 aliphatic rings. The Bertz CT molecular complexity index is 1030. The molecule has 0 bridgehead atoms. The van der Waals surface area contributed by atoms with Gasteiger partial charge in [-0.05, 0) is 43.9 Å². The highest BCUT2D eigenvalue weighted by molar-refractivity contribution is 7.89. The molecule has 0 radical (unpaired) electrons. The summed E-state index contributed by atoms with van der Waals surface area (Å²) in [5.41, 5.74) is 0.577. The van der Waals surface area contributed by atoms with Crippen molar-refractivity contribution in [2.24, 2.45) is 0 Å². The van der Waals surface area contributed by atoms with E-state index in [9.17, 15) is 18.0 Å². The van der Waals surface area contributed by atoms with Crippen LogP contribution >= 0.6 is 0 Å². The van der Waals surface area contributed by atoms with E-state index >= 15 is 0 Å². The fourth-order valence-electron chi connectivity index (χ4n) is 3.77. The normalized spacial score (nSPS) is 16.3. The maximum atomic E-state index is 13.3. The van der Waals surface area contributed by atoms with Crippen molar-refractivity contribution in [3.8, 4) is 0 Å². The summed E-state index contributed by atoms with van der Waals surface area (Å²) in [5.74, 6) is -1.06. The van der Waals surface area contributed by atoms with E-state index in [1.165, 1.54) is 26.3 Å². The number of benzene rings is 2. The minimum Gasteiger partial charge on any atom is -0.467 e. The van der Waals surface area contributed by atoms with Gasteiger partial charge in [-0.2, -0.15) is 4.31 Å². The van der Waals surface area contributed by atoms with Crippen LogP contribution in [0.4, 0.5) is 0 Å². The number of likely N-dealkylation sites (N-methyl/N-ethyl adjacent to an activating group) is 1. The Hall–Kier alpha value is -2.71. The number of aryl methyl sites for hydroxylation is 1. The molecule has 1 aliphatic carbocycles. The first kappa shape index (κ1) is 23.0. The molecule has 0 saturated heterocycles. The first-order valence-electron chi connectivity index (χ1n) is 10.2. The summed E-state index contributed by atoms with van der Waals surface area (Å²) in [6.45, 7) is 1.88. The number of ether oxygens (including phenoxy) is 1. The number of hydrogen-bond acceptors (Lipinski definition) is 5. The zero-order valence-electron chi connectivity index (χ0n) is 18.0. The topological polar surface area (TPSA) is 92.8 Å². The van der Waals surface area contributed by atoms with Crippen molar-refractivity contribution >= 4 is 21.9 Å². The molecule has 2 aromatic rings. The summed E-state index contributed by atoms with van der Waals surface area (Å²) in [6, 6.07) is 14.9. The maximum Gasteiger partial charge on any atom is 0.328 e. The summed E-state index contributed by atoms with van der Waals surface area (Å²) >= 11 is 0. The third-order valence-electron chi connectivity index (χ3n) is 5.96. The molecule has 0 aromatic heterocycles. The largest absolute Gasteiger partial charge is 0.467 e. The second kappa shape index (κ2) is 9.20. The lowest BCUT2D eigenvalue weighted by molar-refractivity contribution is -0.147. The number of nitrogens with zero attached hydrogens (tertiary/aromatic N) is 1. The number of carbonyl (C=O) groups is 2. The van der Waals surface area contributed by atoms with E-state index in [0.29, 0.717) is 12.8 Å². The highest BCUT2D eigenvalue weighted by Crippen LogP contribution is 2.40. The van der Waals surface area contributed by atoms with Crippen LogP contribution in [0.15, 0.2) is 59.5 Å². The minimum absolute atomic E-state index is 0.133. The average Bonchev–Trinajstić information content (AvgIpc) is 2.73. The number of sulfonamides is 1. The lowest BCUT2D eigenvalue weighted by Gasteiger charge is -2.46. The van der Waals surface area contributed by atoms with Gasteiger partial charge >= 0.3 is 5.97 Å². The minimum atomic E-state index is -3.88. The Morgan fingerprint density at radius 2 is 1.71 bits per heavy atom. The molecule has 1 atom stereocenters. The number of nitrogens with one attached hydrogen (secondary N) is 1. The molecule has 166 valence electrons. The third-order valence-corrected chi connectivity index (χ3v) is 7.90. The van der Waals surface area contributed by atoms with Gasteiger partial charge in [0.05, 0.1) is 12.0 Å². The van der Waals surface area contributed by atoms with Crippen LogP contribution in [0, 0.1) is 6.92 Å². The third kappa shape index (κ3) is 4.65. The number of amides is 1. The summed E-state index contributed by atoms with van der Waals surface area (Å²) in [5, 5.41) is 2.75. The van der Waals surface area contributed by atoms with Crippen LogP contribution in [0.3, 0.4) is 0 Å². The Kier molecular flexibility index (Phi) is 6.81. The summed E-state index contributed by atoms with van der Waals surface area (Å²) in [7, 11) is -1.19. The van der Waals surface area contributed by atoms with Gasteiger partial charge in [-0.15, -0.1) is 0 Å². The smallest absolute Gasteiger partial charge is 0.328 e. The van der Waals surface area contributed by atoms with Crippen LogP contribution in [0.1, 0.15) is 30.4 Å². The van der Waals surface area contributed by atoms with E-state index < -0.39 is 33.5 Å². The molecule has 8 heteroatoms. The molecule has 3 rings (SSSR count). The Morgan fingerprint density at radius 1 is 1.10 bits per heavy atom. The monoisotopic (exact) mass is 444 g/mol. The van der Waals surface area contributed by atoms with Crippen molar-refractivity contribution in [1.29, 1.82) is 0 Å². The van der Waals surface area contributed by atoms with Crippen LogP contribution in [-0.2, 0) is 30.8 Å². The molecule has 1 amide bonds. The number of methoxy groups -OCH3 is 1. The van der Waals surface area contributed by atoms with Gasteiger partial charge in [0.1, 0.15) is 11.6 Å². The van der Waals surface area contributed by atoms with Crippen molar-refractivity contribution in [1.82, 2.24) is 9.62 Å². The van der Waals surface area contributed by atoms with E-state index in [0.717, 1.165) is 21.9 Å². The predicted octanol–water partition coefficient (Wildman–Crippen LogP) is 2.44. The van der Waals surface area contributed by atoms with E-state index in [1.807, 2.05) is 37.3 Å². The van der Waals surface area contributed by atoms with Gasteiger partial charge in [-0.3, -0.25) is 4.79 Å². The fourth-order valence-corrected chi connectivity index (χ4v) is 5.29. The standard InChI is InChI=1S/C23H28N2O5S/c1-17-10-12-19(13-11-17)31(28,29)25(2)23(14-7-15-23)22(27)24-20(21(26)30-3)16-18-8-5-4-6-9-18/h4-6,8-13,20H,7,14-16H2,1-3H3,(H,24,27)/t20-/m0/s1. The molecule has 0 aliphatic heterocycles.